The average Bonchev–Trinajstić information content (AvgIpc) is 2.41. The molecule has 3 nitrogen and oxygen atoms in total. The van der Waals surface area contributed by atoms with E-state index in [4.69, 9.17) is 9.47 Å². The molecule has 0 spiro atoms. The smallest absolute Gasteiger partial charge is 0.382 e. The molecule has 1 unspecified atom stereocenters. The van der Waals surface area contributed by atoms with Crippen molar-refractivity contribution < 1.29 is 22.6 Å². The number of nitrogens with one attached hydrogen (secondary N) is 1. The van der Waals surface area contributed by atoms with E-state index in [1.165, 1.54) is 12.1 Å². The number of methoxy groups -OCH3 is 1. The lowest BCUT2D eigenvalue weighted by molar-refractivity contribution is -0.157. The van der Waals surface area contributed by atoms with Crippen LogP contribution in [0.1, 0.15) is 18.0 Å². The van der Waals surface area contributed by atoms with Gasteiger partial charge in [0.05, 0.1) is 13.2 Å². The molecule has 0 aliphatic carbocycles. The van der Waals surface area contributed by atoms with Crippen molar-refractivity contribution >= 4 is 0 Å². The molecule has 20 heavy (non-hydrogen) atoms. The van der Waals surface area contributed by atoms with Crippen LogP contribution in [0.5, 0.6) is 0 Å². The molecule has 0 saturated carbocycles. The molecule has 1 aromatic carbocycles. The Morgan fingerprint density at radius 1 is 1.10 bits per heavy atom. The first kappa shape index (κ1) is 16.9. The second kappa shape index (κ2) is 8.94. The lowest BCUT2D eigenvalue weighted by Gasteiger charge is -2.22. The highest BCUT2D eigenvalue weighted by atomic mass is 19.4. The summed E-state index contributed by atoms with van der Waals surface area (Å²) in [4.78, 5) is 0. The molecule has 114 valence electrons. The highest BCUT2D eigenvalue weighted by Gasteiger charge is 2.40. The number of benzene rings is 1. The molecule has 1 aromatic rings. The number of hydrogen-bond acceptors (Lipinski definition) is 3. The maximum Gasteiger partial charge on any atom is 0.407 e. The van der Waals surface area contributed by atoms with Crippen molar-refractivity contribution in [1.29, 1.82) is 0 Å². The van der Waals surface area contributed by atoms with E-state index < -0.39 is 12.2 Å². The van der Waals surface area contributed by atoms with Crippen LogP contribution in [0, 0.1) is 0 Å². The predicted octanol–water partition coefficient (Wildman–Crippen LogP) is 2.93. The van der Waals surface area contributed by atoms with Gasteiger partial charge in [-0.2, -0.15) is 13.2 Å². The van der Waals surface area contributed by atoms with Gasteiger partial charge in [-0.15, -0.1) is 0 Å². The third-order valence-electron chi connectivity index (χ3n) is 2.71. The molecule has 0 bridgehead atoms. The zero-order chi connectivity index (χ0) is 14.8. The molecule has 6 heteroatoms. The van der Waals surface area contributed by atoms with Crippen LogP contribution in [-0.2, 0) is 9.47 Å². The maximum absolute atomic E-state index is 13.0. The van der Waals surface area contributed by atoms with Gasteiger partial charge >= 0.3 is 6.18 Å². The van der Waals surface area contributed by atoms with Gasteiger partial charge < -0.3 is 14.8 Å². The second-order valence-corrected chi connectivity index (χ2v) is 4.30. The molecule has 0 fully saturated rings. The van der Waals surface area contributed by atoms with E-state index in [9.17, 15) is 13.2 Å². The van der Waals surface area contributed by atoms with Crippen LogP contribution in [0.3, 0.4) is 0 Å². The van der Waals surface area contributed by atoms with Crippen LogP contribution in [-0.4, -0.2) is 39.7 Å². The Kier molecular flexibility index (Phi) is 7.58. The lowest BCUT2D eigenvalue weighted by atomic mass is 10.1. The van der Waals surface area contributed by atoms with Crippen LogP contribution < -0.4 is 5.32 Å². The highest BCUT2D eigenvalue weighted by molar-refractivity contribution is 5.20. The van der Waals surface area contributed by atoms with E-state index >= 15 is 0 Å². The summed E-state index contributed by atoms with van der Waals surface area (Å²) >= 11 is 0. The van der Waals surface area contributed by atoms with Gasteiger partial charge in [-0.1, -0.05) is 30.3 Å². The van der Waals surface area contributed by atoms with Gasteiger partial charge in [-0.3, -0.25) is 0 Å². The van der Waals surface area contributed by atoms with Crippen molar-refractivity contribution in [1.82, 2.24) is 5.32 Å². The monoisotopic (exact) mass is 291 g/mol. The fourth-order valence-corrected chi connectivity index (χ4v) is 1.73. The second-order valence-electron chi connectivity index (χ2n) is 4.30. The average molecular weight is 291 g/mol. The summed E-state index contributed by atoms with van der Waals surface area (Å²) in [5, 5.41) is 2.53. The molecule has 0 aliphatic heterocycles. The Morgan fingerprint density at radius 2 is 1.80 bits per heavy atom. The summed E-state index contributed by atoms with van der Waals surface area (Å²) in [6.45, 7) is 1.60. The van der Waals surface area contributed by atoms with Gasteiger partial charge in [0.1, 0.15) is 6.04 Å². The number of halogens is 3. The molecule has 1 N–H and O–H groups in total. The van der Waals surface area contributed by atoms with Crippen molar-refractivity contribution in [2.45, 2.75) is 18.6 Å². The van der Waals surface area contributed by atoms with Crippen molar-refractivity contribution in [2.24, 2.45) is 0 Å². The predicted molar refractivity (Wildman–Crippen MR) is 70.6 cm³/mol. The largest absolute Gasteiger partial charge is 0.407 e. The summed E-state index contributed by atoms with van der Waals surface area (Å²) in [6.07, 6.45) is -3.79. The van der Waals surface area contributed by atoms with Gasteiger partial charge in [0.15, 0.2) is 0 Å². The van der Waals surface area contributed by atoms with E-state index in [2.05, 4.69) is 5.32 Å². The number of rotatable bonds is 9. The standard InChI is InChI=1S/C14H20F3NO2/c1-19-10-11-20-9-5-8-18-13(14(15,16)17)12-6-3-2-4-7-12/h2-4,6-7,13,18H,5,8-11H2,1H3. The molecule has 1 rings (SSSR count). The number of ether oxygens (including phenoxy) is 2. The van der Waals surface area contributed by atoms with Crippen LogP contribution in [0.2, 0.25) is 0 Å². The Hall–Kier alpha value is -1.11. The summed E-state index contributed by atoms with van der Waals surface area (Å²) in [5.41, 5.74) is 0.223. The third-order valence-corrected chi connectivity index (χ3v) is 2.71. The number of alkyl halides is 3. The van der Waals surface area contributed by atoms with Gasteiger partial charge in [-0.05, 0) is 18.5 Å². The van der Waals surface area contributed by atoms with Gasteiger partial charge in [0.2, 0.25) is 0 Å². The molecule has 0 saturated heterocycles. The van der Waals surface area contributed by atoms with Crippen molar-refractivity contribution in [3.63, 3.8) is 0 Å². The topological polar surface area (TPSA) is 30.5 Å². The van der Waals surface area contributed by atoms with Gasteiger partial charge in [-0.25, -0.2) is 0 Å². The maximum atomic E-state index is 13.0. The van der Waals surface area contributed by atoms with E-state index in [1.54, 1.807) is 25.3 Å². The van der Waals surface area contributed by atoms with Crippen LogP contribution in [0.15, 0.2) is 30.3 Å². The Labute approximate surface area is 117 Å². The first-order valence-corrected chi connectivity index (χ1v) is 6.47. The number of hydrogen-bond donors (Lipinski definition) is 1. The third kappa shape index (κ3) is 6.36. The van der Waals surface area contributed by atoms with Crippen LogP contribution >= 0.6 is 0 Å². The summed E-state index contributed by atoms with van der Waals surface area (Å²) < 4.78 is 48.9. The van der Waals surface area contributed by atoms with Gasteiger partial charge in [0, 0.05) is 13.7 Å². The lowest BCUT2D eigenvalue weighted by Crippen LogP contribution is -2.35. The van der Waals surface area contributed by atoms with Crippen molar-refractivity contribution in [2.75, 3.05) is 33.5 Å². The molecule has 0 aromatic heterocycles. The zero-order valence-electron chi connectivity index (χ0n) is 11.5. The molecule has 0 heterocycles. The SMILES string of the molecule is COCCOCCCNC(c1ccccc1)C(F)(F)F. The van der Waals surface area contributed by atoms with Gasteiger partial charge in [0.25, 0.3) is 0 Å². The summed E-state index contributed by atoms with van der Waals surface area (Å²) in [7, 11) is 1.57. The molecule has 1 atom stereocenters. The van der Waals surface area contributed by atoms with E-state index in [0.717, 1.165) is 0 Å². The Morgan fingerprint density at radius 3 is 2.40 bits per heavy atom. The van der Waals surface area contributed by atoms with Crippen molar-refractivity contribution in [3.8, 4) is 0 Å². The minimum absolute atomic E-state index is 0.223. The van der Waals surface area contributed by atoms with E-state index in [-0.39, 0.29) is 12.1 Å². The molecule has 0 aliphatic rings. The normalized spacial score (nSPS) is 13.4. The van der Waals surface area contributed by atoms with Crippen LogP contribution in [0.25, 0.3) is 0 Å². The van der Waals surface area contributed by atoms with E-state index in [0.29, 0.717) is 26.2 Å². The molecule has 0 amide bonds. The summed E-state index contributed by atoms with van der Waals surface area (Å²) in [6, 6.07) is 6.21. The molecular weight excluding hydrogens is 271 g/mol. The molecule has 0 radical (unpaired) electrons. The molecular formula is C14H20F3NO2. The Bertz CT molecular complexity index is 357. The zero-order valence-corrected chi connectivity index (χ0v) is 11.5. The fraction of sp³-hybridized carbons (Fsp3) is 0.571. The Balaban J connectivity index is 2.36. The highest BCUT2D eigenvalue weighted by Crippen LogP contribution is 2.32. The fourth-order valence-electron chi connectivity index (χ4n) is 1.73. The van der Waals surface area contributed by atoms with E-state index in [1.807, 2.05) is 0 Å². The van der Waals surface area contributed by atoms with Crippen molar-refractivity contribution in [3.05, 3.63) is 35.9 Å². The van der Waals surface area contributed by atoms with Crippen LogP contribution in [0.4, 0.5) is 13.2 Å². The first-order valence-electron chi connectivity index (χ1n) is 6.47. The quantitative estimate of drug-likeness (QED) is 0.710. The minimum Gasteiger partial charge on any atom is -0.382 e. The summed E-state index contributed by atoms with van der Waals surface area (Å²) in [5.74, 6) is 0. The minimum atomic E-state index is -4.31. The first-order chi connectivity index (χ1) is 9.55.